The molecule has 1 fully saturated rings. The van der Waals surface area contributed by atoms with E-state index >= 15 is 0 Å². The largest absolute Gasteiger partial charge is 0.488 e. The van der Waals surface area contributed by atoms with Crippen molar-refractivity contribution in [2.24, 2.45) is 5.41 Å². The molecular weight excluding hydrogens is 405 g/mol. The van der Waals surface area contributed by atoms with E-state index in [2.05, 4.69) is 6.20 Å². The van der Waals surface area contributed by atoms with Gasteiger partial charge in [-0.1, -0.05) is 36.4 Å². The van der Waals surface area contributed by atoms with E-state index in [-0.39, 0.29) is 11.7 Å². The molecule has 162 valence electrons. The number of benzene rings is 3. The van der Waals surface area contributed by atoms with Gasteiger partial charge >= 0.3 is 5.97 Å². The number of aliphatic carboxylic acids is 1. The predicted molar refractivity (Wildman–Crippen MR) is 122 cm³/mol. The van der Waals surface area contributed by atoms with Crippen LogP contribution in [0, 0.1) is 11.2 Å². The number of hydrogen-bond acceptors (Lipinski definition) is 2. The summed E-state index contributed by atoms with van der Waals surface area (Å²) in [5, 5.41) is 10.6. The van der Waals surface area contributed by atoms with Crippen molar-refractivity contribution in [2.45, 2.75) is 32.3 Å². The number of nitrogens with zero attached hydrogens (tertiary/aromatic N) is 1. The lowest BCUT2D eigenvalue weighted by Gasteiger charge is -2.41. The minimum atomic E-state index is -0.753. The Bertz CT molecular complexity index is 1270. The molecule has 0 bridgehead atoms. The quantitative estimate of drug-likeness (QED) is 0.390. The molecule has 0 spiro atoms. The van der Waals surface area contributed by atoms with Gasteiger partial charge < -0.3 is 14.4 Å². The SMILES string of the molecule is CC1(C(=O)O)CC(c2cn(-c3ccc(F)cc3)c3cccc(OCc4ccccc4)c23)C1. The first-order chi connectivity index (χ1) is 15.4. The summed E-state index contributed by atoms with van der Waals surface area (Å²) >= 11 is 0. The van der Waals surface area contributed by atoms with E-state index in [4.69, 9.17) is 4.74 Å². The van der Waals surface area contributed by atoms with E-state index in [1.807, 2.05) is 53.1 Å². The Morgan fingerprint density at radius 2 is 1.78 bits per heavy atom. The number of halogens is 1. The average molecular weight is 429 g/mol. The first kappa shape index (κ1) is 20.3. The number of fused-ring (bicyclic) bond motifs is 1. The van der Waals surface area contributed by atoms with E-state index < -0.39 is 11.4 Å². The summed E-state index contributed by atoms with van der Waals surface area (Å²) in [5.74, 6) is -0.141. The summed E-state index contributed by atoms with van der Waals surface area (Å²) in [6.07, 6.45) is 3.22. The zero-order chi connectivity index (χ0) is 22.3. The molecule has 1 aromatic heterocycles. The first-order valence-electron chi connectivity index (χ1n) is 10.7. The second-order valence-corrected chi connectivity index (χ2v) is 8.83. The minimum absolute atomic E-state index is 0.127. The Hall–Kier alpha value is -3.60. The molecule has 3 aromatic carbocycles. The molecule has 0 atom stereocenters. The van der Waals surface area contributed by atoms with Crippen LogP contribution in [-0.4, -0.2) is 15.6 Å². The number of carbonyl (C=O) groups is 1. The molecule has 4 nitrogen and oxygen atoms in total. The molecule has 5 rings (SSSR count). The van der Waals surface area contributed by atoms with Crippen molar-refractivity contribution in [1.29, 1.82) is 0 Å². The van der Waals surface area contributed by atoms with Gasteiger partial charge in [0, 0.05) is 17.3 Å². The smallest absolute Gasteiger partial charge is 0.309 e. The van der Waals surface area contributed by atoms with Gasteiger partial charge in [-0.15, -0.1) is 0 Å². The van der Waals surface area contributed by atoms with Crippen LogP contribution >= 0.6 is 0 Å². The average Bonchev–Trinajstić information content (AvgIpc) is 3.16. The molecule has 0 aliphatic heterocycles. The Balaban J connectivity index is 1.58. The summed E-state index contributed by atoms with van der Waals surface area (Å²) in [7, 11) is 0. The zero-order valence-electron chi connectivity index (χ0n) is 17.8. The number of hydrogen-bond donors (Lipinski definition) is 1. The number of carboxylic acids is 1. The number of aromatic nitrogens is 1. The monoisotopic (exact) mass is 429 g/mol. The van der Waals surface area contributed by atoms with Crippen molar-refractivity contribution >= 4 is 16.9 Å². The zero-order valence-corrected chi connectivity index (χ0v) is 17.8. The standard InChI is InChI=1S/C27H24FNO3/c1-27(26(30)31)14-19(15-27)22-16-29(21-12-10-20(28)11-13-21)23-8-5-9-24(25(22)23)32-17-18-6-3-2-4-7-18/h2-13,16,19H,14-15,17H2,1H3,(H,30,31). The van der Waals surface area contributed by atoms with E-state index in [1.165, 1.54) is 12.1 Å². The van der Waals surface area contributed by atoms with Gasteiger partial charge in [-0.05, 0) is 73.2 Å². The van der Waals surface area contributed by atoms with Crippen LogP contribution in [0.3, 0.4) is 0 Å². The molecule has 1 aliphatic carbocycles. The fraction of sp³-hybridized carbons (Fsp3) is 0.222. The summed E-state index contributed by atoms with van der Waals surface area (Å²) in [6.45, 7) is 2.25. The van der Waals surface area contributed by atoms with Gasteiger partial charge in [-0.25, -0.2) is 4.39 Å². The summed E-state index contributed by atoms with van der Waals surface area (Å²) < 4.78 is 21.8. The van der Waals surface area contributed by atoms with Crippen LogP contribution in [-0.2, 0) is 11.4 Å². The molecule has 0 unspecified atom stereocenters. The second kappa shape index (κ2) is 7.83. The van der Waals surface area contributed by atoms with E-state index in [9.17, 15) is 14.3 Å². The Morgan fingerprint density at radius 1 is 1.06 bits per heavy atom. The second-order valence-electron chi connectivity index (χ2n) is 8.83. The third-order valence-corrected chi connectivity index (χ3v) is 6.51. The van der Waals surface area contributed by atoms with Crippen LogP contribution < -0.4 is 4.74 Å². The Morgan fingerprint density at radius 3 is 2.47 bits per heavy atom. The van der Waals surface area contributed by atoms with Gasteiger partial charge in [0.2, 0.25) is 0 Å². The highest BCUT2D eigenvalue weighted by Gasteiger charge is 2.47. The highest BCUT2D eigenvalue weighted by atomic mass is 19.1. The van der Waals surface area contributed by atoms with Gasteiger partial charge in [-0.2, -0.15) is 0 Å². The van der Waals surface area contributed by atoms with Crippen LogP contribution in [0.15, 0.2) is 79.0 Å². The summed E-state index contributed by atoms with van der Waals surface area (Å²) in [6, 6.07) is 22.3. The van der Waals surface area contributed by atoms with Crippen LogP contribution in [0.25, 0.3) is 16.6 Å². The van der Waals surface area contributed by atoms with Crippen LogP contribution in [0.5, 0.6) is 5.75 Å². The maximum absolute atomic E-state index is 13.5. The fourth-order valence-corrected chi connectivity index (χ4v) is 4.69. The van der Waals surface area contributed by atoms with E-state index in [0.717, 1.165) is 33.5 Å². The van der Waals surface area contributed by atoms with Crippen molar-refractivity contribution < 1.29 is 19.0 Å². The van der Waals surface area contributed by atoms with Crippen LogP contribution in [0.1, 0.15) is 36.8 Å². The fourth-order valence-electron chi connectivity index (χ4n) is 4.69. The minimum Gasteiger partial charge on any atom is -0.488 e. The number of carboxylic acid groups (broad SMARTS) is 1. The summed E-state index contributed by atoms with van der Waals surface area (Å²) in [4.78, 5) is 11.7. The van der Waals surface area contributed by atoms with Gasteiger partial charge in [0.15, 0.2) is 0 Å². The van der Waals surface area contributed by atoms with Crippen LogP contribution in [0.4, 0.5) is 4.39 Å². The highest BCUT2D eigenvalue weighted by molar-refractivity contribution is 5.92. The van der Waals surface area contributed by atoms with Gasteiger partial charge in [0.25, 0.3) is 0 Å². The number of ether oxygens (including phenoxy) is 1. The van der Waals surface area contributed by atoms with E-state index in [0.29, 0.717) is 19.4 Å². The van der Waals surface area contributed by atoms with Gasteiger partial charge in [0.05, 0.1) is 10.9 Å². The lowest BCUT2D eigenvalue weighted by molar-refractivity contribution is -0.154. The molecule has 0 amide bonds. The van der Waals surface area contributed by atoms with Gasteiger partial charge in [-0.3, -0.25) is 4.79 Å². The van der Waals surface area contributed by atoms with Crippen molar-refractivity contribution in [3.8, 4) is 11.4 Å². The van der Waals surface area contributed by atoms with Crippen LogP contribution in [0.2, 0.25) is 0 Å². The van der Waals surface area contributed by atoms with Crippen molar-refractivity contribution in [3.05, 3.63) is 95.9 Å². The lowest BCUT2D eigenvalue weighted by atomic mass is 9.61. The maximum atomic E-state index is 13.5. The molecular formula is C27H24FNO3. The third-order valence-electron chi connectivity index (χ3n) is 6.51. The van der Waals surface area contributed by atoms with Gasteiger partial charge in [0.1, 0.15) is 18.2 Å². The highest BCUT2D eigenvalue weighted by Crippen LogP contribution is 2.53. The molecule has 1 heterocycles. The Labute approximate surface area is 185 Å². The van der Waals surface area contributed by atoms with Crippen molar-refractivity contribution in [2.75, 3.05) is 0 Å². The summed E-state index contributed by atoms with van der Waals surface area (Å²) in [5.41, 5.74) is 3.26. The first-order valence-corrected chi connectivity index (χ1v) is 10.7. The molecule has 0 radical (unpaired) electrons. The molecule has 5 heteroatoms. The maximum Gasteiger partial charge on any atom is 0.309 e. The van der Waals surface area contributed by atoms with E-state index in [1.54, 1.807) is 19.1 Å². The predicted octanol–water partition coefficient (Wildman–Crippen LogP) is 6.32. The molecule has 1 saturated carbocycles. The normalized spacial score (nSPS) is 20.1. The molecule has 4 aromatic rings. The third kappa shape index (κ3) is 3.54. The van der Waals surface area contributed by atoms with Crippen molar-refractivity contribution in [3.63, 3.8) is 0 Å². The molecule has 32 heavy (non-hydrogen) atoms. The van der Waals surface area contributed by atoms with Crippen molar-refractivity contribution in [1.82, 2.24) is 4.57 Å². The lowest BCUT2D eigenvalue weighted by Crippen LogP contribution is -2.40. The molecule has 0 saturated heterocycles. The Kier molecular flexibility index (Phi) is 4.97. The topological polar surface area (TPSA) is 51.5 Å². The molecule has 1 N–H and O–H groups in total. The number of rotatable bonds is 6. The molecule has 1 aliphatic rings.